The van der Waals surface area contributed by atoms with Crippen LogP contribution in [0.4, 0.5) is 0 Å². The van der Waals surface area contributed by atoms with Crippen molar-refractivity contribution in [2.24, 2.45) is 4.99 Å². The fourth-order valence-corrected chi connectivity index (χ4v) is 1.59. The lowest BCUT2D eigenvalue weighted by Crippen LogP contribution is -2.08. The minimum Gasteiger partial charge on any atom is -0.497 e. The summed E-state index contributed by atoms with van der Waals surface area (Å²) in [6, 6.07) is 10.0. The van der Waals surface area contributed by atoms with Crippen molar-refractivity contribution in [3.05, 3.63) is 41.6 Å². The van der Waals surface area contributed by atoms with Gasteiger partial charge in [0.15, 0.2) is 0 Å². The number of aliphatic imine (C=N–C) groups is 1. The Kier molecular flexibility index (Phi) is 3.02. The molecule has 80 valence electrons. The summed E-state index contributed by atoms with van der Waals surface area (Å²) in [7, 11) is 1.65. The molecule has 0 spiro atoms. The molecule has 0 aromatic heterocycles. The van der Waals surface area contributed by atoms with E-state index in [1.165, 1.54) is 5.56 Å². The van der Waals surface area contributed by atoms with E-state index in [1.54, 1.807) is 7.11 Å². The van der Waals surface area contributed by atoms with Gasteiger partial charge in [0, 0.05) is 12.1 Å². The summed E-state index contributed by atoms with van der Waals surface area (Å²) in [4.78, 5) is 4.27. The van der Waals surface area contributed by atoms with Crippen molar-refractivity contribution in [2.45, 2.75) is 12.8 Å². The first-order valence-corrected chi connectivity index (χ1v) is 5.10. The summed E-state index contributed by atoms with van der Waals surface area (Å²) in [5, 5.41) is 8.46. The molecule has 2 rings (SSSR count). The van der Waals surface area contributed by atoms with Gasteiger partial charge in [-0.15, -0.1) is 0 Å². The Balaban J connectivity index is 1.92. The first-order chi connectivity index (χ1) is 7.81. The highest BCUT2D eigenvalue weighted by atomic mass is 16.5. The molecule has 1 aromatic carbocycles. The fourth-order valence-electron chi connectivity index (χ4n) is 1.59. The fraction of sp³-hybridized carbons (Fsp3) is 0.231. The Labute approximate surface area is 94.7 Å². The van der Waals surface area contributed by atoms with E-state index in [1.807, 2.05) is 30.3 Å². The van der Waals surface area contributed by atoms with E-state index in [2.05, 4.69) is 11.1 Å². The van der Waals surface area contributed by atoms with Crippen LogP contribution in [0.2, 0.25) is 0 Å². The predicted molar refractivity (Wildman–Crippen MR) is 62.4 cm³/mol. The zero-order valence-electron chi connectivity index (χ0n) is 9.10. The van der Waals surface area contributed by atoms with Crippen molar-refractivity contribution in [2.75, 3.05) is 7.11 Å². The number of nitriles is 1. The minimum absolute atomic E-state index is 0.409. The van der Waals surface area contributed by atoms with Crippen molar-refractivity contribution >= 4 is 5.71 Å². The Hall–Kier alpha value is -2.08. The third kappa shape index (κ3) is 2.29. The van der Waals surface area contributed by atoms with Crippen LogP contribution < -0.4 is 4.74 Å². The van der Waals surface area contributed by atoms with Gasteiger partial charge < -0.3 is 4.74 Å². The van der Waals surface area contributed by atoms with Crippen LogP contribution in [0.5, 0.6) is 5.75 Å². The zero-order chi connectivity index (χ0) is 11.4. The van der Waals surface area contributed by atoms with Gasteiger partial charge in [-0.05, 0) is 23.8 Å². The molecule has 1 aliphatic rings. The highest BCUT2D eigenvalue weighted by molar-refractivity contribution is 6.02. The molecule has 0 aliphatic carbocycles. The largest absolute Gasteiger partial charge is 0.497 e. The molecular formula is C13H12N2O. The maximum Gasteiger partial charge on any atom is 0.118 e. The van der Waals surface area contributed by atoms with E-state index < -0.39 is 0 Å². The molecule has 0 N–H and O–H groups in total. The average molecular weight is 212 g/mol. The molecule has 0 saturated carbocycles. The molecule has 1 aliphatic heterocycles. The first kappa shape index (κ1) is 10.4. The van der Waals surface area contributed by atoms with Gasteiger partial charge in [-0.2, -0.15) is 5.26 Å². The summed E-state index contributed by atoms with van der Waals surface area (Å²) in [5.41, 5.74) is 3.12. The van der Waals surface area contributed by atoms with E-state index in [-0.39, 0.29) is 0 Å². The first-order valence-electron chi connectivity index (χ1n) is 5.10. The Morgan fingerprint density at radius 1 is 1.31 bits per heavy atom. The number of hydrogen-bond donors (Lipinski definition) is 0. The van der Waals surface area contributed by atoms with Crippen LogP contribution in [0.25, 0.3) is 0 Å². The molecule has 1 heterocycles. The number of allylic oxidation sites excluding steroid dienone is 2. The second-order valence-electron chi connectivity index (χ2n) is 3.60. The molecule has 0 unspecified atom stereocenters. The number of hydrogen-bond acceptors (Lipinski definition) is 3. The second kappa shape index (κ2) is 4.63. The Morgan fingerprint density at radius 3 is 2.56 bits per heavy atom. The standard InChI is InChI=1S/C13H12N2O/c1-16-13-4-2-10(3-5-13)8-12-9-11(15-12)6-7-14/h2-5,9H,6,8H2,1H3. The van der Waals surface area contributed by atoms with E-state index in [9.17, 15) is 0 Å². The summed E-state index contributed by atoms with van der Waals surface area (Å²) in [6.07, 6.45) is 3.21. The lowest BCUT2D eigenvalue weighted by Gasteiger charge is -2.12. The van der Waals surface area contributed by atoms with Gasteiger partial charge >= 0.3 is 0 Å². The van der Waals surface area contributed by atoms with Crippen molar-refractivity contribution in [1.29, 1.82) is 5.26 Å². The molecule has 1 aromatic rings. The van der Waals surface area contributed by atoms with Crippen molar-refractivity contribution in [3.63, 3.8) is 0 Å². The van der Waals surface area contributed by atoms with Gasteiger partial charge in [0.1, 0.15) is 5.75 Å². The zero-order valence-corrected chi connectivity index (χ0v) is 9.10. The Bertz CT molecular complexity index is 478. The van der Waals surface area contributed by atoms with E-state index in [4.69, 9.17) is 10.00 Å². The molecular weight excluding hydrogens is 200 g/mol. The lowest BCUT2D eigenvalue weighted by atomic mass is 10.0. The summed E-state index contributed by atoms with van der Waals surface area (Å²) in [5.74, 6) is 0.861. The molecule has 0 radical (unpaired) electrons. The molecule has 3 nitrogen and oxygen atoms in total. The molecule has 0 atom stereocenters. The number of ether oxygens (including phenoxy) is 1. The van der Waals surface area contributed by atoms with E-state index >= 15 is 0 Å². The Morgan fingerprint density at radius 2 is 2.00 bits per heavy atom. The summed E-state index contributed by atoms with van der Waals surface area (Å²) >= 11 is 0. The number of nitrogens with zero attached hydrogens (tertiary/aromatic N) is 2. The normalized spacial score (nSPS) is 13.2. The smallest absolute Gasteiger partial charge is 0.118 e. The summed E-state index contributed by atoms with van der Waals surface area (Å²) < 4.78 is 5.09. The number of rotatable bonds is 4. The maximum absolute atomic E-state index is 8.46. The van der Waals surface area contributed by atoms with Crippen LogP contribution in [0.15, 0.2) is 41.0 Å². The van der Waals surface area contributed by atoms with Crippen LogP contribution in [0, 0.1) is 11.3 Å². The van der Waals surface area contributed by atoms with Gasteiger partial charge in [0.2, 0.25) is 0 Å². The maximum atomic E-state index is 8.46. The molecule has 0 amide bonds. The molecule has 0 bridgehead atoms. The van der Waals surface area contributed by atoms with Crippen molar-refractivity contribution in [3.8, 4) is 11.8 Å². The minimum atomic E-state index is 0.409. The van der Waals surface area contributed by atoms with E-state index in [0.717, 1.165) is 23.6 Å². The van der Waals surface area contributed by atoms with Crippen LogP contribution >= 0.6 is 0 Å². The summed E-state index contributed by atoms with van der Waals surface area (Å²) in [6.45, 7) is 0. The van der Waals surface area contributed by atoms with Gasteiger partial charge in [-0.25, -0.2) is 0 Å². The topological polar surface area (TPSA) is 45.4 Å². The molecule has 16 heavy (non-hydrogen) atoms. The molecule has 3 heteroatoms. The van der Waals surface area contributed by atoms with Crippen LogP contribution in [-0.4, -0.2) is 12.8 Å². The van der Waals surface area contributed by atoms with Gasteiger partial charge in [0.25, 0.3) is 0 Å². The third-order valence-corrected chi connectivity index (χ3v) is 2.42. The van der Waals surface area contributed by atoms with Crippen LogP contribution in [0.3, 0.4) is 0 Å². The number of benzene rings is 1. The van der Waals surface area contributed by atoms with Gasteiger partial charge in [0.05, 0.1) is 25.3 Å². The average Bonchev–Trinajstić information content (AvgIpc) is 2.27. The van der Waals surface area contributed by atoms with Crippen LogP contribution in [-0.2, 0) is 6.42 Å². The van der Waals surface area contributed by atoms with Crippen LogP contribution in [0.1, 0.15) is 12.0 Å². The lowest BCUT2D eigenvalue weighted by molar-refractivity contribution is 0.414. The van der Waals surface area contributed by atoms with Crippen molar-refractivity contribution < 1.29 is 4.74 Å². The second-order valence-corrected chi connectivity index (χ2v) is 3.60. The third-order valence-electron chi connectivity index (χ3n) is 2.42. The monoisotopic (exact) mass is 212 g/mol. The highest BCUT2D eigenvalue weighted by Gasteiger charge is 2.10. The predicted octanol–water partition coefficient (Wildman–Crippen LogP) is 2.49. The quantitative estimate of drug-likeness (QED) is 0.769. The van der Waals surface area contributed by atoms with Gasteiger partial charge in [-0.3, -0.25) is 4.99 Å². The van der Waals surface area contributed by atoms with Gasteiger partial charge in [-0.1, -0.05) is 12.1 Å². The highest BCUT2D eigenvalue weighted by Crippen LogP contribution is 2.18. The van der Waals surface area contributed by atoms with Crippen molar-refractivity contribution in [1.82, 2.24) is 0 Å². The SMILES string of the molecule is COc1ccc(CC2=NC(CC#N)=C2)cc1. The molecule has 0 saturated heterocycles. The van der Waals surface area contributed by atoms with E-state index in [0.29, 0.717) is 6.42 Å². The number of methoxy groups -OCH3 is 1. The molecule has 0 fully saturated rings.